The molecule has 220 valence electrons. The normalized spacial score (nSPS) is 19.9. The first-order valence-corrected chi connectivity index (χ1v) is 14.5. The van der Waals surface area contributed by atoms with Gasteiger partial charge in [0.15, 0.2) is 11.6 Å². The Morgan fingerprint density at radius 1 is 1.15 bits per heavy atom. The van der Waals surface area contributed by atoms with Crippen LogP contribution in [0.15, 0.2) is 42.5 Å². The van der Waals surface area contributed by atoms with E-state index in [9.17, 15) is 32.3 Å². The monoisotopic (exact) mass is 585 g/mol. The van der Waals surface area contributed by atoms with E-state index in [1.807, 2.05) is 6.26 Å². The van der Waals surface area contributed by atoms with Gasteiger partial charge >= 0.3 is 6.18 Å². The molecule has 2 aromatic rings. The fraction of sp³-hybridized carbons (Fsp3) is 0.500. The third-order valence-electron chi connectivity index (χ3n) is 6.50. The number of amides is 2. The number of rotatable bonds is 8. The fourth-order valence-corrected chi connectivity index (χ4v) is 4.79. The number of aliphatic hydroxyl groups excluding tert-OH is 1. The van der Waals surface area contributed by atoms with E-state index in [2.05, 4.69) is 16.0 Å². The number of ether oxygens (including phenoxy) is 1. The molecular weight excluding hydrogens is 550 g/mol. The van der Waals surface area contributed by atoms with E-state index in [0.29, 0.717) is 36.1 Å². The smallest absolute Gasteiger partial charge is 0.416 e. The van der Waals surface area contributed by atoms with Crippen molar-refractivity contribution in [2.45, 2.75) is 63.0 Å². The van der Waals surface area contributed by atoms with Crippen LogP contribution >= 0.6 is 11.8 Å². The lowest BCUT2D eigenvalue weighted by Gasteiger charge is -2.28. The van der Waals surface area contributed by atoms with Crippen molar-refractivity contribution in [3.05, 3.63) is 65.0 Å². The van der Waals surface area contributed by atoms with Gasteiger partial charge in [-0.05, 0) is 67.0 Å². The minimum absolute atomic E-state index is 0.0503. The van der Waals surface area contributed by atoms with E-state index in [-0.39, 0.29) is 44.2 Å². The fourth-order valence-electron chi connectivity index (χ4n) is 4.31. The van der Waals surface area contributed by atoms with Gasteiger partial charge in [-0.15, -0.1) is 0 Å². The van der Waals surface area contributed by atoms with E-state index in [1.165, 1.54) is 36.0 Å². The highest BCUT2D eigenvalue weighted by atomic mass is 32.2. The maximum Gasteiger partial charge on any atom is 0.416 e. The summed E-state index contributed by atoms with van der Waals surface area (Å²) < 4.78 is 59.3. The molecule has 2 aliphatic heterocycles. The van der Waals surface area contributed by atoms with Crippen LogP contribution in [0.2, 0.25) is 0 Å². The molecule has 2 amide bonds. The number of hydrogen-bond acceptors (Lipinski definition) is 6. The topological polar surface area (TPSA) is 99.7 Å². The molecule has 0 aliphatic carbocycles. The summed E-state index contributed by atoms with van der Waals surface area (Å²) in [5.74, 6) is -0.659. The minimum Gasteiger partial charge on any atom is -0.491 e. The molecule has 40 heavy (non-hydrogen) atoms. The average molecular weight is 586 g/mol. The molecule has 0 saturated carbocycles. The molecule has 0 aromatic heterocycles. The zero-order chi connectivity index (χ0) is 29.1. The summed E-state index contributed by atoms with van der Waals surface area (Å²) in [5.41, 5.74) is 0.107. The first-order chi connectivity index (χ1) is 19.1. The van der Waals surface area contributed by atoms with E-state index in [4.69, 9.17) is 4.74 Å². The Hall–Kier alpha value is -2.83. The molecule has 0 fully saturated rings. The minimum atomic E-state index is -4.47. The lowest BCUT2D eigenvalue weighted by atomic mass is 9.99. The number of nitrogens with one attached hydrogen (secondary N) is 3. The van der Waals surface area contributed by atoms with Gasteiger partial charge in [0, 0.05) is 19.5 Å². The number of carbonyl (C=O) groups is 2. The summed E-state index contributed by atoms with van der Waals surface area (Å²) in [6, 6.07) is 7.58. The van der Waals surface area contributed by atoms with Gasteiger partial charge in [-0.3, -0.25) is 9.59 Å². The van der Waals surface area contributed by atoms with Crippen molar-refractivity contribution < 1.29 is 37.0 Å². The predicted molar refractivity (Wildman–Crippen MR) is 145 cm³/mol. The summed E-state index contributed by atoms with van der Waals surface area (Å²) in [6.45, 7) is 0.222. The molecule has 0 saturated heterocycles. The van der Waals surface area contributed by atoms with Crippen molar-refractivity contribution in [1.29, 1.82) is 0 Å². The van der Waals surface area contributed by atoms with E-state index in [0.717, 1.165) is 12.1 Å². The van der Waals surface area contributed by atoms with Crippen LogP contribution in [0.3, 0.4) is 0 Å². The molecule has 2 aromatic carbocycles. The first kappa shape index (κ1) is 31.7. The van der Waals surface area contributed by atoms with Gasteiger partial charge < -0.3 is 25.8 Å². The standard InChI is InChI=1S/C28H35F4N3O4S/c1-40-12-10-22-27(38)35-23(24(36)17-33-16-19-5-4-6-20(13-19)28(30,31)32)15-18-8-9-25(21(29)14-18)39-11-3-2-7-26(37)34-22/h4-6,8-9,13-14,22-24,33,36H,2-3,7,10-12,15-17H2,1H3,(H,34,37)(H,35,38). The van der Waals surface area contributed by atoms with Crippen molar-refractivity contribution in [2.75, 3.05) is 25.2 Å². The van der Waals surface area contributed by atoms with Gasteiger partial charge in [-0.1, -0.05) is 24.3 Å². The largest absolute Gasteiger partial charge is 0.491 e. The van der Waals surface area contributed by atoms with Crippen LogP contribution in [0.25, 0.3) is 0 Å². The van der Waals surface area contributed by atoms with Crippen LogP contribution in [0.1, 0.15) is 42.4 Å². The van der Waals surface area contributed by atoms with Gasteiger partial charge in [0.1, 0.15) is 6.04 Å². The van der Waals surface area contributed by atoms with Crippen molar-refractivity contribution in [1.82, 2.24) is 16.0 Å². The van der Waals surface area contributed by atoms with Crippen LogP contribution < -0.4 is 20.7 Å². The highest BCUT2D eigenvalue weighted by Crippen LogP contribution is 2.29. The number of aliphatic hydroxyl groups is 1. The molecule has 4 rings (SSSR count). The quantitative estimate of drug-likeness (QED) is 0.352. The predicted octanol–water partition coefficient (Wildman–Crippen LogP) is 3.82. The van der Waals surface area contributed by atoms with Crippen LogP contribution in [0.4, 0.5) is 17.6 Å². The number of benzene rings is 2. The molecule has 12 heteroatoms. The van der Waals surface area contributed by atoms with Crippen molar-refractivity contribution in [3.63, 3.8) is 0 Å². The lowest BCUT2D eigenvalue weighted by Crippen LogP contribution is -2.55. The second-order valence-electron chi connectivity index (χ2n) is 9.69. The number of carbonyl (C=O) groups excluding carboxylic acids is 2. The Balaban J connectivity index is 1.77. The Morgan fingerprint density at radius 2 is 1.95 bits per heavy atom. The summed E-state index contributed by atoms with van der Waals surface area (Å²) in [5, 5.41) is 19.5. The molecule has 3 unspecified atom stereocenters. The van der Waals surface area contributed by atoms with Gasteiger partial charge in [0.25, 0.3) is 0 Å². The number of fused-ring (bicyclic) bond motifs is 13. The average Bonchev–Trinajstić information content (AvgIpc) is 2.90. The summed E-state index contributed by atoms with van der Waals surface area (Å²) in [7, 11) is 0. The molecule has 2 heterocycles. The van der Waals surface area contributed by atoms with Crippen molar-refractivity contribution in [2.24, 2.45) is 0 Å². The Labute approximate surface area is 235 Å². The van der Waals surface area contributed by atoms with Gasteiger partial charge in [0.2, 0.25) is 11.8 Å². The van der Waals surface area contributed by atoms with Gasteiger partial charge in [-0.2, -0.15) is 24.9 Å². The van der Waals surface area contributed by atoms with Crippen LogP contribution in [-0.2, 0) is 28.7 Å². The Bertz CT molecular complexity index is 1130. The van der Waals surface area contributed by atoms with E-state index in [1.54, 1.807) is 6.07 Å². The maximum atomic E-state index is 14.7. The van der Waals surface area contributed by atoms with Gasteiger partial charge in [0.05, 0.1) is 24.3 Å². The van der Waals surface area contributed by atoms with E-state index < -0.39 is 41.7 Å². The lowest BCUT2D eigenvalue weighted by molar-refractivity contribution is -0.137. The van der Waals surface area contributed by atoms with E-state index >= 15 is 0 Å². The molecule has 3 atom stereocenters. The second-order valence-corrected chi connectivity index (χ2v) is 10.7. The first-order valence-electron chi connectivity index (χ1n) is 13.1. The molecule has 0 radical (unpaired) electrons. The summed E-state index contributed by atoms with van der Waals surface area (Å²) in [4.78, 5) is 25.7. The van der Waals surface area contributed by atoms with Crippen LogP contribution in [0.5, 0.6) is 5.75 Å². The molecule has 7 nitrogen and oxygen atoms in total. The van der Waals surface area contributed by atoms with Crippen LogP contribution in [-0.4, -0.2) is 60.3 Å². The van der Waals surface area contributed by atoms with Crippen molar-refractivity contribution in [3.8, 4) is 5.75 Å². The SMILES string of the molecule is CSCCC1NC(=O)CCCCOc2ccc(cc2F)CC(C(O)CNCc2cccc(C(F)(F)F)c2)NC1=O. The second kappa shape index (κ2) is 15.2. The highest BCUT2D eigenvalue weighted by molar-refractivity contribution is 7.98. The van der Waals surface area contributed by atoms with Gasteiger partial charge in [-0.25, -0.2) is 4.39 Å². The third-order valence-corrected chi connectivity index (χ3v) is 7.14. The maximum absolute atomic E-state index is 14.7. The number of halogens is 4. The number of hydrogen-bond donors (Lipinski definition) is 4. The summed E-state index contributed by atoms with van der Waals surface area (Å²) >= 11 is 1.52. The number of thioether (sulfide) groups is 1. The zero-order valence-corrected chi connectivity index (χ0v) is 23.0. The van der Waals surface area contributed by atoms with Crippen molar-refractivity contribution >= 4 is 23.6 Å². The number of alkyl halides is 3. The Morgan fingerprint density at radius 3 is 2.67 bits per heavy atom. The third kappa shape index (κ3) is 9.97. The molecule has 0 spiro atoms. The molecule has 2 aliphatic rings. The highest BCUT2D eigenvalue weighted by Gasteiger charge is 2.30. The Kier molecular flexibility index (Phi) is 12.1. The van der Waals surface area contributed by atoms with Crippen LogP contribution in [0, 0.1) is 5.82 Å². The molecule has 4 N–H and O–H groups in total. The zero-order valence-electron chi connectivity index (χ0n) is 22.2. The molecular formula is C28H35F4N3O4S. The molecule has 2 bridgehead atoms. The summed E-state index contributed by atoms with van der Waals surface area (Å²) in [6.07, 6.45) is -2.10.